The number of nitrogens with zero attached hydrogens (tertiary/aromatic N) is 2. The summed E-state index contributed by atoms with van der Waals surface area (Å²) in [5.74, 6) is 1.20. The Labute approximate surface area is 161 Å². The summed E-state index contributed by atoms with van der Waals surface area (Å²) >= 11 is 6.25. The number of ether oxygens (including phenoxy) is 2. The molecule has 3 aromatic rings. The lowest BCUT2D eigenvalue weighted by atomic mass is 10.0. The fraction of sp³-hybridized carbons (Fsp3) is 0.200. The van der Waals surface area contributed by atoms with Gasteiger partial charge in [0.2, 0.25) is 0 Å². The topological polar surface area (TPSA) is 65.4 Å². The molecule has 7 heteroatoms. The highest BCUT2D eigenvalue weighted by Gasteiger charge is 2.25. The molecule has 1 amide bonds. The van der Waals surface area contributed by atoms with Gasteiger partial charge in [0.15, 0.2) is 11.5 Å². The van der Waals surface area contributed by atoms with Gasteiger partial charge in [0.1, 0.15) is 6.61 Å². The number of carbonyl (C=O) groups excluding carboxylic acids is 1. The maximum Gasteiger partial charge on any atom is 0.253 e. The normalized spacial score (nSPS) is 15.6. The highest BCUT2D eigenvalue weighted by Crippen LogP contribution is 2.34. The van der Waals surface area contributed by atoms with Crippen LogP contribution in [-0.4, -0.2) is 35.4 Å². The van der Waals surface area contributed by atoms with Crippen molar-refractivity contribution in [2.75, 3.05) is 13.7 Å². The molecule has 6 nitrogen and oxygen atoms in total. The van der Waals surface area contributed by atoms with E-state index in [-0.39, 0.29) is 11.9 Å². The van der Waals surface area contributed by atoms with Gasteiger partial charge in [0, 0.05) is 18.0 Å². The largest absolute Gasteiger partial charge is 0.493 e. The van der Waals surface area contributed by atoms with Gasteiger partial charge in [0.25, 0.3) is 5.91 Å². The Morgan fingerprint density at radius 2 is 2.22 bits per heavy atom. The molecule has 1 aromatic heterocycles. The van der Waals surface area contributed by atoms with Gasteiger partial charge in [-0.25, -0.2) is 4.68 Å². The van der Waals surface area contributed by atoms with Crippen molar-refractivity contribution in [2.45, 2.75) is 12.5 Å². The third-order valence-electron chi connectivity index (χ3n) is 4.47. The van der Waals surface area contributed by atoms with Crippen LogP contribution in [0.4, 0.5) is 0 Å². The third-order valence-corrected chi connectivity index (χ3v) is 4.80. The summed E-state index contributed by atoms with van der Waals surface area (Å²) in [4.78, 5) is 12.8. The Bertz CT molecular complexity index is 973. The van der Waals surface area contributed by atoms with E-state index in [0.717, 1.165) is 17.0 Å². The molecule has 1 atom stereocenters. The zero-order chi connectivity index (χ0) is 18.8. The van der Waals surface area contributed by atoms with Crippen molar-refractivity contribution in [3.63, 3.8) is 0 Å². The summed E-state index contributed by atoms with van der Waals surface area (Å²) in [5.41, 5.74) is 2.17. The van der Waals surface area contributed by atoms with Crippen molar-refractivity contribution in [3.8, 4) is 17.2 Å². The molecule has 27 heavy (non-hydrogen) atoms. The number of hydrogen-bond acceptors (Lipinski definition) is 4. The molecule has 0 radical (unpaired) electrons. The van der Waals surface area contributed by atoms with E-state index in [9.17, 15) is 4.79 Å². The van der Waals surface area contributed by atoms with Crippen molar-refractivity contribution in [1.82, 2.24) is 15.1 Å². The Morgan fingerprint density at radius 1 is 1.33 bits per heavy atom. The smallest absolute Gasteiger partial charge is 0.253 e. The summed E-state index contributed by atoms with van der Waals surface area (Å²) in [6.45, 7) is 0.371. The molecule has 1 aliphatic heterocycles. The Hall–Kier alpha value is -2.99. The number of hydrogen-bond donors (Lipinski definition) is 1. The van der Waals surface area contributed by atoms with Crippen molar-refractivity contribution in [3.05, 3.63) is 71.0 Å². The lowest BCUT2D eigenvalue weighted by Crippen LogP contribution is -2.42. The second-order valence-corrected chi connectivity index (χ2v) is 6.66. The molecular formula is C20H18ClN3O3. The molecule has 0 bridgehead atoms. The molecule has 1 unspecified atom stereocenters. The van der Waals surface area contributed by atoms with E-state index in [4.69, 9.17) is 21.1 Å². The number of methoxy groups -OCH3 is 1. The molecule has 0 fully saturated rings. The molecule has 2 aromatic carbocycles. The predicted octanol–water partition coefficient (Wildman–Crippen LogP) is 3.27. The van der Waals surface area contributed by atoms with Gasteiger partial charge in [-0.1, -0.05) is 23.7 Å². The van der Waals surface area contributed by atoms with Crippen LogP contribution in [0.3, 0.4) is 0 Å². The molecule has 1 N–H and O–H groups in total. The van der Waals surface area contributed by atoms with Crippen LogP contribution in [0, 0.1) is 0 Å². The first-order valence-corrected chi connectivity index (χ1v) is 8.92. The molecule has 138 valence electrons. The van der Waals surface area contributed by atoms with Crippen LogP contribution >= 0.6 is 11.6 Å². The highest BCUT2D eigenvalue weighted by atomic mass is 35.5. The monoisotopic (exact) mass is 383 g/mol. The number of benzene rings is 2. The summed E-state index contributed by atoms with van der Waals surface area (Å²) in [7, 11) is 1.61. The molecule has 0 saturated heterocycles. The maximum atomic E-state index is 12.8. The van der Waals surface area contributed by atoms with Crippen LogP contribution in [0.15, 0.2) is 54.9 Å². The molecule has 2 heterocycles. The lowest BCUT2D eigenvalue weighted by molar-refractivity contribution is 0.0914. The van der Waals surface area contributed by atoms with Crippen LogP contribution < -0.4 is 14.8 Å². The minimum Gasteiger partial charge on any atom is -0.493 e. The first-order chi connectivity index (χ1) is 13.2. The van der Waals surface area contributed by atoms with E-state index >= 15 is 0 Å². The molecule has 0 aliphatic carbocycles. The zero-order valence-corrected chi connectivity index (χ0v) is 15.4. The summed E-state index contributed by atoms with van der Waals surface area (Å²) in [6, 6.07) is 12.7. The van der Waals surface area contributed by atoms with Crippen molar-refractivity contribution in [1.29, 1.82) is 0 Å². The van der Waals surface area contributed by atoms with Crippen molar-refractivity contribution >= 4 is 17.5 Å². The average Bonchev–Trinajstić information content (AvgIpc) is 3.22. The fourth-order valence-corrected chi connectivity index (χ4v) is 3.37. The Balaban J connectivity index is 1.52. The second-order valence-electron chi connectivity index (χ2n) is 6.25. The van der Waals surface area contributed by atoms with Gasteiger partial charge >= 0.3 is 0 Å². The molecule has 0 saturated carbocycles. The SMILES string of the molecule is COc1cccc2c1OCC(NC(=O)c1cc(-n3cccn3)ccc1Cl)C2. The number of para-hydroxylation sites is 1. The minimum atomic E-state index is -0.242. The molecular weight excluding hydrogens is 366 g/mol. The first-order valence-electron chi connectivity index (χ1n) is 8.55. The Kier molecular flexibility index (Phi) is 4.73. The maximum absolute atomic E-state index is 12.8. The van der Waals surface area contributed by atoms with E-state index in [1.54, 1.807) is 30.1 Å². The number of rotatable bonds is 4. The van der Waals surface area contributed by atoms with Crippen molar-refractivity contribution < 1.29 is 14.3 Å². The van der Waals surface area contributed by atoms with E-state index in [1.165, 1.54) is 0 Å². The number of amides is 1. The van der Waals surface area contributed by atoms with Crippen LogP contribution in [0.1, 0.15) is 15.9 Å². The van der Waals surface area contributed by atoms with Crippen molar-refractivity contribution in [2.24, 2.45) is 0 Å². The quantitative estimate of drug-likeness (QED) is 0.751. The number of carbonyl (C=O) groups is 1. The van der Waals surface area contributed by atoms with Crippen LogP contribution in [-0.2, 0) is 6.42 Å². The first kappa shape index (κ1) is 17.4. The number of nitrogens with one attached hydrogen (secondary N) is 1. The van der Waals surface area contributed by atoms with Gasteiger partial charge in [-0.3, -0.25) is 4.79 Å². The van der Waals surface area contributed by atoms with E-state index in [0.29, 0.717) is 29.4 Å². The van der Waals surface area contributed by atoms with Gasteiger partial charge < -0.3 is 14.8 Å². The van der Waals surface area contributed by atoms with E-state index in [2.05, 4.69) is 10.4 Å². The van der Waals surface area contributed by atoms with E-state index < -0.39 is 0 Å². The standard InChI is InChI=1S/C20H18ClN3O3/c1-26-18-5-2-4-13-10-14(12-27-19(13)18)23-20(25)16-11-15(6-7-17(16)21)24-9-3-8-22-24/h2-9,11,14H,10,12H2,1H3,(H,23,25). The Morgan fingerprint density at radius 3 is 3.00 bits per heavy atom. The molecule has 0 spiro atoms. The van der Waals surface area contributed by atoms with Gasteiger partial charge in [0.05, 0.1) is 29.4 Å². The fourth-order valence-electron chi connectivity index (χ4n) is 3.16. The van der Waals surface area contributed by atoms with Crippen LogP contribution in [0.5, 0.6) is 11.5 Å². The predicted molar refractivity (Wildman–Crippen MR) is 102 cm³/mol. The molecule has 4 rings (SSSR count). The van der Waals surface area contributed by atoms with Gasteiger partial charge in [-0.2, -0.15) is 5.10 Å². The van der Waals surface area contributed by atoms with Gasteiger partial charge in [-0.15, -0.1) is 0 Å². The summed E-state index contributed by atoms with van der Waals surface area (Å²) < 4.78 is 12.8. The highest BCUT2D eigenvalue weighted by molar-refractivity contribution is 6.33. The third kappa shape index (κ3) is 3.48. The lowest BCUT2D eigenvalue weighted by Gasteiger charge is -2.27. The minimum absolute atomic E-state index is 0.151. The number of halogens is 1. The van der Waals surface area contributed by atoms with Crippen LogP contribution in [0.2, 0.25) is 5.02 Å². The second kappa shape index (κ2) is 7.32. The zero-order valence-electron chi connectivity index (χ0n) is 14.7. The summed E-state index contributed by atoms with van der Waals surface area (Å²) in [6.07, 6.45) is 4.15. The van der Waals surface area contributed by atoms with Gasteiger partial charge in [-0.05, 0) is 36.8 Å². The molecule has 1 aliphatic rings. The van der Waals surface area contributed by atoms with E-state index in [1.807, 2.05) is 36.5 Å². The number of aromatic nitrogens is 2. The average molecular weight is 384 g/mol. The number of fused-ring (bicyclic) bond motifs is 1. The summed E-state index contributed by atoms with van der Waals surface area (Å²) in [5, 5.41) is 7.58. The van der Waals surface area contributed by atoms with Crippen LogP contribution in [0.25, 0.3) is 5.69 Å².